The number of hydrogen-bond acceptors (Lipinski definition) is 5. The Morgan fingerprint density at radius 1 is 1.04 bits per heavy atom. The number of rotatable bonds is 6. The summed E-state index contributed by atoms with van der Waals surface area (Å²) in [6.45, 7) is 11.6. The Bertz CT molecular complexity index is 524. The van der Waals surface area contributed by atoms with Gasteiger partial charge >= 0.3 is 11.9 Å². The molecular formula is C18H29NO4. The molecule has 0 aromatic carbocycles. The van der Waals surface area contributed by atoms with Gasteiger partial charge in [0, 0.05) is 17.8 Å². The zero-order chi connectivity index (χ0) is 17.6. The molecule has 1 N–H and O–H groups in total. The van der Waals surface area contributed by atoms with Gasteiger partial charge in [-0.3, -0.25) is 0 Å². The highest BCUT2D eigenvalue weighted by Crippen LogP contribution is 2.26. The molecule has 5 nitrogen and oxygen atoms in total. The fourth-order valence-corrected chi connectivity index (χ4v) is 2.27. The van der Waals surface area contributed by atoms with Crippen LogP contribution in [-0.2, 0) is 19.1 Å². The summed E-state index contributed by atoms with van der Waals surface area (Å²) in [4.78, 5) is 24.5. The van der Waals surface area contributed by atoms with Crippen LogP contribution in [0, 0.1) is 0 Å². The molecule has 0 unspecified atom stereocenters. The average Bonchev–Trinajstić information content (AvgIpc) is 2.41. The van der Waals surface area contributed by atoms with E-state index < -0.39 is 11.6 Å². The first-order valence-electron chi connectivity index (χ1n) is 8.22. The highest BCUT2D eigenvalue weighted by molar-refractivity contribution is 5.96. The zero-order valence-corrected chi connectivity index (χ0v) is 15.2. The van der Waals surface area contributed by atoms with E-state index in [0.29, 0.717) is 17.8 Å². The summed E-state index contributed by atoms with van der Waals surface area (Å²) in [6, 6.07) is 0. The van der Waals surface area contributed by atoms with E-state index >= 15 is 0 Å². The predicted octanol–water partition coefficient (Wildman–Crippen LogP) is 3.60. The van der Waals surface area contributed by atoms with Crippen molar-refractivity contribution in [3.8, 4) is 0 Å². The van der Waals surface area contributed by atoms with Gasteiger partial charge in [0.05, 0.1) is 17.8 Å². The lowest BCUT2D eigenvalue weighted by Gasteiger charge is -2.25. The monoisotopic (exact) mass is 323 g/mol. The van der Waals surface area contributed by atoms with Crippen LogP contribution in [0.2, 0.25) is 0 Å². The fourth-order valence-electron chi connectivity index (χ4n) is 2.27. The molecule has 0 aliphatic carbocycles. The molecule has 0 aromatic rings. The average molecular weight is 323 g/mol. The lowest BCUT2D eigenvalue weighted by atomic mass is 9.98. The van der Waals surface area contributed by atoms with Crippen LogP contribution < -0.4 is 5.32 Å². The molecule has 1 aliphatic heterocycles. The Labute approximate surface area is 139 Å². The molecule has 0 amide bonds. The lowest BCUT2D eigenvalue weighted by Crippen LogP contribution is -2.30. The molecule has 1 heterocycles. The Morgan fingerprint density at radius 3 is 2.13 bits per heavy atom. The molecular weight excluding hydrogens is 294 g/mol. The van der Waals surface area contributed by atoms with Gasteiger partial charge in [-0.25, -0.2) is 9.59 Å². The molecule has 0 radical (unpaired) electrons. The third-order valence-corrected chi connectivity index (χ3v) is 3.51. The number of allylic oxidation sites excluding steroid dienone is 2. The second-order valence-electron chi connectivity index (χ2n) is 6.85. The highest BCUT2D eigenvalue weighted by Gasteiger charge is 2.29. The summed E-state index contributed by atoms with van der Waals surface area (Å²) in [6.07, 6.45) is 3.21. The summed E-state index contributed by atoms with van der Waals surface area (Å²) in [5, 5.41) is 3.09. The maximum Gasteiger partial charge on any atom is 0.336 e. The normalized spacial score (nSPS) is 15.4. The van der Waals surface area contributed by atoms with Gasteiger partial charge < -0.3 is 14.8 Å². The van der Waals surface area contributed by atoms with Crippen LogP contribution in [0.15, 0.2) is 22.5 Å². The number of nitrogens with one attached hydrogen (secondary N) is 1. The fraction of sp³-hybridized carbons (Fsp3) is 0.667. The number of dihydropyridines is 1. The lowest BCUT2D eigenvalue weighted by molar-refractivity contribution is -0.150. The van der Waals surface area contributed by atoms with Crippen LogP contribution in [0.25, 0.3) is 0 Å². The number of unbranched alkanes of at least 4 members (excludes halogenated alkanes) is 2. The van der Waals surface area contributed by atoms with Crippen molar-refractivity contribution in [2.24, 2.45) is 0 Å². The van der Waals surface area contributed by atoms with Crippen LogP contribution >= 0.6 is 0 Å². The Morgan fingerprint density at radius 2 is 1.61 bits per heavy atom. The maximum absolute atomic E-state index is 12.3. The van der Waals surface area contributed by atoms with Gasteiger partial charge in [0.2, 0.25) is 0 Å². The van der Waals surface area contributed by atoms with Crippen molar-refractivity contribution in [3.63, 3.8) is 0 Å². The summed E-state index contributed by atoms with van der Waals surface area (Å²) >= 11 is 0. The van der Waals surface area contributed by atoms with Gasteiger partial charge in [0.25, 0.3) is 0 Å². The van der Waals surface area contributed by atoms with Gasteiger partial charge in [0.15, 0.2) is 0 Å². The largest absolute Gasteiger partial charge is 0.462 e. The van der Waals surface area contributed by atoms with E-state index in [-0.39, 0.29) is 12.4 Å². The first-order chi connectivity index (χ1) is 10.7. The molecule has 0 spiro atoms. The third-order valence-electron chi connectivity index (χ3n) is 3.51. The summed E-state index contributed by atoms with van der Waals surface area (Å²) in [5.74, 6) is -0.758. The maximum atomic E-state index is 12.3. The molecule has 1 rings (SSSR count). The molecule has 23 heavy (non-hydrogen) atoms. The molecule has 130 valence electrons. The van der Waals surface area contributed by atoms with Crippen LogP contribution in [0.5, 0.6) is 0 Å². The van der Waals surface area contributed by atoms with Gasteiger partial charge in [-0.15, -0.1) is 0 Å². The van der Waals surface area contributed by atoms with Crippen molar-refractivity contribution in [1.82, 2.24) is 5.32 Å². The molecule has 0 fully saturated rings. The van der Waals surface area contributed by atoms with Gasteiger partial charge in [-0.2, -0.15) is 0 Å². The van der Waals surface area contributed by atoms with Gasteiger partial charge in [-0.05, 0) is 41.0 Å². The zero-order valence-electron chi connectivity index (χ0n) is 15.2. The summed E-state index contributed by atoms with van der Waals surface area (Å²) in [5.41, 5.74) is 1.86. The Balaban J connectivity index is 2.75. The number of hydrogen-bond donors (Lipinski definition) is 1. The van der Waals surface area contributed by atoms with E-state index in [2.05, 4.69) is 12.2 Å². The summed E-state index contributed by atoms with van der Waals surface area (Å²) < 4.78 is 10.7. The molecule has 0 atom stereocenters. The van der Waals surface area contributed by atoms with Gasteiger partial charge in [0.1, 0.15) is 5.60 Å². The van der Waals surface area contributed by atoms with Gasteiger partial charge in [-0.1, -0.05) is 19.8 Å². The molecule has 5 heteroatoms. The van der Waals surface area contributed by atoms with E-state index in [4.69, 9.17) is 9.47 Å². The summed E-state index contributed by atoms with van der Waals surface area (Å²) in [7, 11) is 0. The van der Waals surface area contributed by atoms with Crippen molar-refractivity contribution in [1.29, 1.82) is 0 Å². The first kappa shape index (κ1) is 19.3. The van der Waals surface area contributed by atoms with E-state index in [9.17, 15) is 9.59 Å². The van der Waals surface area contributed by atoms with Crippen LogP contribution in [0.1, 0.15) is 67.2 Å². The molecule has 0 bridgehead atoms. The van der Waals surface area contributed by atoms with Crippen LogP contribution in [0.4, 0.5) is 0 Å². The standard InChI is InChI=1S/C18H29NO4/c1-7-8-9-10-22-16(20)14-11-15(13(3)19-12(14)2)17(21)23-18(4,5)6/h19H,7-11H2,1-6H3. The minimum Gasteiger partial charge on any atom is -0.462 e. The van der Waals surface area contributed by atoms with E-state index in [1.807, 2.05) is 34.6 Å². The second-order valence-corrected chi connectivity index (χ2v) is 6.85. The van der Waals surface area contributed by atoms with E-state index in [0.717, 1.165) is 30.7 Å². The van der Waals surface area contributed by atoms with E-state index in [1.54, 1.807) is 0 Å². The Kier molecular flexibility index (Phi) is 6.85. The van der Waals surface area contributed by atoms with Crippen LogP contribution in [0.3, 0.4) is 0 Å². The SMILES string of the molecule is CCCCCOC(=O)C1=C(C)NC(C)=C(C(=O)OC(C)(C)C)C1. The van der Waals surface area contributed by atoms with E-state index in [1.165, 1.54) is 0 Å². The van der Waals surface area contributed by atoms with Crippen molar-refractivity contribution < 1.29 is 19.1 Å². The molecule has 0 saturated heterocycles. The minimum atomic E-state index is -0.568. The number of ether oxygens (including phenoxy) is 2. The Hall–Kier alpha value is -1.78. The van der Waals surface area contributed by atoms with Crippen molar-refractivity contribution in [2.75, 3.05) is 6.61 Å². The number of carbonyl (C=O) groups excluding carboxylic acids is 2. The predicted molar refractivity (Wildman–Crippen MR) is 89.5 cm³/mol. The second kappa shape index (κ2) is 8.18. The third kappa shape index (κ3) is 6.08. The van der Waals surface area contributed by atoms with Crippen LogP contribution in [-0.4, -0.2) is 24.1 Å². The van der Waals surface area contributed by atoms with Crippen molar-refractivity contribution in [3.05, 3.63) is 22.5 Å². The molecule has 1 aliphatic rings. The minimum absolute atomic E-state index is 0.242. The number of carbonyl (C=O) groups is 2. The smallest absolute Gasteiger partial charge is 0.336 e. The first-order valence-corrected chi connectivity index (χ1v) is 8.22. The highest BCUT2D eigenvalue weighted by atomic mass is 16.6. The molecule has 0 aromatic heterocycles. The van der Waals surface area contributed by atoms with Crippen molar-refractivity contribution >= 4 is 11.9 Å². The quantitative estimate of drug-likeness (QED) is 0.597. The van der Waals surface area contributed by atoms with Crippen molar-refractivity contribution in [2.45, 2.75) is 72.8 Å². The molecule has 0 saturated carbocycles. The topological polar surface area (TPSA) is 64.6 Å². The number of esters is 2.